The molecule has 0 saturated heterocycles. The van der Waals surface area contributed by atoms with Gasteiger partial charge in [-0.25, -0.2) is 9.98 Å². The summed E-state index contributed by atoms with van der Waals surface area (Å²) in [6.07, 6.45) is 12.9. The van der Waals surface area contributed by atoms with E-state index in [4.69, 9.17) is 5.73 Å². The first-order valence-electron chi connectivity index (χ1n) is 8.27. The molecule has 2 rings (SSSR count). The molecule has 1 saturated carbocycles. The Morgan fingerprint density at radius 2 is 2.25 bits per heavy atom. The van der Waals surface area contributed by atoms with Crippen LogP contribution in [0.1, 0.15) is 32.1 Å². The molecular weight excluding hydrogens is 324 g/mol. The Morgan fingerprint density at radius 3 is 3.00 bits per heavy atom. The van der Waals surface area contributed by atoms with E-state index in [1.807, 2.05) is 0 Å². The quantitative estimate of drug-likeness (QED) is 0.374. The fraction of sp³-hybridized carbons (Fsp3) is 0.562. The maximum absolute atomic E-state index is 10.9. The molecule has 1 atom stereocenters. The summed E-state index contributed by atoms with van der Waals surface area (Å²) in [5, 5.41) is 6.39. The molecule has 1 aromatic heterocycles. The first-order valence-corrected chi connectivity index (χ1v) is 10.00. The van der Waals surface area contributed by atoms with Gasteiger partial charge in [0.15, 0.2) is 5.82 Å². The van der Waals surface area contributed by atoms with E-state index in [1.165, 1.54) is 19.3 Å². The highest BCUT2D eigenvalue weighted by atomic mass is 32.2. The molecule has 0 radical (unpaired) electrons. The zero-order valence-corrected chi connectivity index (χ0v) is 14.9. The van der Waals surface area contributed by atoms with Gasteiger partial charge in [0.25, 0.3) is 0 Å². The lowest BCUT2D eigenvalue weighted by Gasteiger charge is -2.22. The van der Waals surface area contributed by atoms with Crippen LogP contribution in [0.3, 0.4) is 0 Å². The summed E-state index contributed by atoms with van der Waals surface area (Å²) in [5.41, 5.74) is 5.86. The highest BCUT2D eigenvalue weighted by Gasteiger charge is 2.13. The first-order chi connectivity index (χ1) is 11.6. The number of aromatic nitrogens is 2. The first kappa shape index (κ1) is 18.4. The van der Waals surface area contributed by atoms with E-state index < -0.39 is 10.8 Å². The van der Waals surface area contributed by atoms with E-state index in [9.17, 15) is 4.21 Å². The molecule has 1 aliphatic rings. The van der Waals surface area contributed by atoms with Crippen molar-refractivity contribution in [3.8, 4) is 0 Å². The summed E-state index contributed by atoms with van der Waals surface area (Å²) >= 11 is 0. The summed E-state index contributed by atoms with van der Waals surface area (Å²) in [6.45, 7) is 0.635. The predicted molar refractivity (Wildman–Crippen MR) is 99.9 cm³/mol. The van der Waals surface area contributed by atoms with E-state index in [0.29, 0.717) is 35.9 Å². The van der Waals surface area contributed by atoms with Crippen LogP contribution < -0.4 is 16.4 Å². The monoisotopic (exact) mass is 350 g/mol. The third-order valence-corrected chi connectivity index (χ3v) is 4.51. The van der Waals surface area contributed by atoms with Crippen LogP contribution in [0.4, 0.5) is 11.8 Å². The molecule has 0 bridgehead atoms. The molecule has 1 aromatic rings. The van der Waals surface area contributed by atoms with Gasteiger partial charge in [-0.05, 0) is 18.9 Å². The smallest absolute Gasteiger partial charge is 0.224 e. The number of hydrogen-bond acceptors (Lipinski definition) is 6. The second-order valence-electron chi connectivity index (χ2n) is 5.82. The molecule has 24 heavy (non-hydrogen) atoms. The van der Waals surface area contributed by atoms with Gasteiger partial charge < -0.3 is 16.4 Å². The van der Waals surface area contributed by atoms with Gasteiger partial charge in [0.2, 0.25) is 5.95 Å². The van der Waals surface area contributed by atoms with Gasteiger partial charge in [0.1, 0.15) is 5.84 Å². The van der Waals surface area contributed by atoms with Crippen LogP contribution in [0.5, 0.6) is 0 Å². The van der Waals surface area contributed by atoms with Crippen molar-refractivity contribution in [1.29, 1.82) is 0 Å². The maximum Gasteiger partial charge on any atom is 0.224 e. The van der Waals surface area contributed by atoms with Crippen molar-refractivity contribution in [1.82, 2.24) is 15.3 Å². The number of amidine groups is 1. The second-order valence-corrected chi connectivity index (χ2v) is 7.37. The molecule has 1 fully saturated rings. The molecule has 8 heteroatoms. The molecule has 4 N–H and O–H groups in total. The van der Waals surface area contributed by atoms with Crippen molar-refractivity contribution in [3.05, 3.63) is 24.5 Å². The zero-order valence-electron chi connectivity index (χ0n) is 14.1. The topological polar surface area (TPSA) is 105 Å². The average Bonchev–Trinajstić information content (AvgIpc) is 2.55. The molecule has 132 valence electrons. The summed E-state index contributed by atoms with van der Waals surface area (Å²) in [6, 6.07) is 2.17. The van der Waals surface area contributed by atoms with Gasteiger partial charge in [-0.3, -0.25) is 4.21 Å². The molecule has 7 nitrogen and oxygen atoms in total. The number of nitrogens with one attached hydrogen (secondary N) is 2. The minimum atomic E-state index is -0.799. The van der Waals surface area contributed by atoms with Gasteiger partial charge in [-0.1, -0.05) is 19.3 Å². The summed E-state index contributed by atoms with van der Waals surface area (Å²) in [7, 11) is -0.799. The van der Waals surface area contributed by atoms with E-state index in [-0.39, 0.29) is 0 Å². The number of anilines is 1. The van der Waals surface area contributed by atoms with E-state index in [2.05, 4.69) is 25.6 Å². The summed E-state index contributed by atoms with van der Waals surface area (Å²) < 4.78 is 10.9. The van der Waals surface area contributed by atoms with E-state index >= 15 is 0 Å². The molecule has 0 spiro atoms. The van der Waals surface area contributed by atoms with Crippen LogP contribution in [0.25, 0.3) is 0 Å². The zero-order chi connectivity index (χ0) is 17.2. The molecule has 1 aliphatic carbocycles. The predicted octanol–water partition coefficient (Wildman–Crippen LogP) is 1.69. The Morgan fingerprint density at radius 1 is 1.46 bits per heavy atom. The van der Waals surface area contributed by atoms with Gasteiger partial charge in [-0.15, -0.1) is 0 Å². The highest BCUT2D eigenvalue weighted by Crippen LogP contribution is 2.20. The Kier molecular flexibility index (Phi) is 7.67. The van der Waals surface area contributed by atoms with Crippen LogP contribution in [-0.2, 0) is 10.8 Å². The lowest BCUT2D eigenvalue weighted by atomic mass is 9.96. The third-order valence-electron chi connectivity index (χ3n) is 3.73. The Hall–Kier alpha value is -1.96. The minimum absolute atomic E-state index is 0.349. The molecule has 0 amide bonds. The van der Waals surface area contributed by atoms with Crippen molar-refractivity contribution < 1.29 is 4.21 Å². The van der Waals surface area contributed by atoms with Crippen molar-refractivity contribution in [2.75, 3.05) is 23.9 Å². The van der Waals surface area contributed by atoms with Gasteiger partial charge in [0, 0.05) is 53.9 Å². The van der Waals surface area contributed by atoms with Crippen LogP contribution in [0.15, 0.2) is 29.5 Å². The number of nitrogens with zero attached hydrogens (tertiary/aromatic N) is 3. The molecule has 1 unspecified atom stereocenters. The van der Waals surface area contributed by atoms with Crippen LogP contribution in [0.2, 0.25) is 0 Å². The van der Waals surface area contributed by atoms with E-state index in [1.54, 1.807) is 30.8 Å². The van der Waals surface area contributed by atoms with Gasteiger partial charge in [-0.2, -0.15) is 4.98 Å². The average molecular weight is 350 g/mol. The normalized spacial score (nSPS) is 17.8. The largest absolute Gasteiger partial charge is 0.390 e. The molecule has 1 heterocycles. The van der Waals surface area contributed by atoms with E-state index in [0.717, 1.165) is 12.8 Å². The van der Waals surface area contributed by atoms with Crippen molar-refractivity contribution in [2.24, 2.45) is 10.7 Å². The van der Waals surface area contributed by atoms with Crippen molar-refractivity contribution in [2.45, 2.75) is 38.1 Å². The summed E-state index contributed by atoms with van der Waals surface area (Å²) in [5.74, 6) is 2.08. The number of aliphatic imine (C=N–C) groups is 1. The Labute approximate surface area is 145 Å². The van der Waals surface area contributed by atoms with Crippen molar-refractivity contribution >= 4 is 28.4 Å². The van der Waals surface area contributed by atoms with Crippen LogP contribution in [-0.4, -0.2) is 44.6 Å². The maximum atomic E-state index is 10.9. The fourth-order valence-corrected chi connectivity index (χ4v) is 2.92. The minimum Gasteiger partial charge on any atom is -0.390 e. The Balaban J connectivity index is 1.87. The molecule has 0 aromatic carbocycles. The highest BCUT2D eigenvalue weighted by molar-refractivity contribution is 7.84. The third kappa shape index (κ3) is 7.08. The SMILES string of the molecule is CS(=O)CCN/C=C\C(N)=Nc1ccnc(NC2CCCCC2)n1. The van der Waals surface area contributed by atoms with Crippen LogP contribution >= 0.6 is 0 Å². The number of rotatable bonds is 8. The standard InChI is InChI=1S/C16H26N6OS/c1-24(23)12-11-18-9-7-14(17)21-15-8-10-19-16(22-15)20-13-5-3-2-4-6-13/h7-10,13,18H,2-6,11-12H2,1H3,(H3,17,19,20,21,22)/b9-7-. The number of nitrogens with two attached hydrogens (primary N) is 1. The molecular formula is C16H26N6OS. The Bertz CT molecular complexity index is 598. The fourth-order valence-electron chi connectivity index (χ4n) is 2.51. The lowest BCUT2D eigenvalue weighted by molar-refractivity contribution is 0.461. The molecule has 0 aliphatic heterocycles. The van der Waals surface area contributed by atoms with Crippen molar-refractivity contribution in [3.63, 3.8) is 0 Å². The van der Waals surface area contributed by atoms with Gasteiger partial charge >= 0.3 is 0 Å². The van der Waals surface area contributed by atoms with Gasteiger partial charge in [0.05, 0.1) is 0 Å². The number of hydrogen-bond donors (Lipinski definition) is 3. The van der Waals surface area contributed by atoms with Crippen LogP contribution in [0, 0.1) is 0 Å². The lowest BCUT2D eigenvalue weighted by Crippen LogP contribution is -2.23. The summed E-state index contributed by atoms with van der Waals surface area (Å²) in [4.78, 5) is 12.9. The second kappa shape index (κ2) is 10.0.